The van der Waals surface area contributed by atoms with Crippen molar-refractivity contribution in [3.8, 4) is 0 Å². The largest absolute Gasteiger partial charge is 0.389 e. The molecule has 2 rings (SSSR count). The van der Waals surface area contributed by atoms with Gasteiger partial charge in [0, 0.05) is 12.1 Å². The number of nitro groups is 1. The van der Waals surface area contributed by atoms with Crippen LogP contribution in [0.1, 0.15) is 10.4 Å². The van der Waals surface area contributed by atoms with E-state index in [2.05, 4.69) is 5.16 Å². The smallest absolute Gasteiger partial charge is 0.269 e. The van der Waals surface area contributed by atoms with Crippen LogP contribution in [0.2, 0.25) is 0 Å². The van der Waals surface area contributed by atoms with Gasteiger partial charge in [0.05, 0.1) is 9.80 Å². The second kappa shape index (κ2) is 5.96. The summed E-state index contributed by atoms with van der Waals surface area (Å²) in [6, 6.07) is 9.80. The van der Waals surface area contributed by atoms with Crippen molar-refractivity contribution in [3.05, 3.63) is 62.3 Å². The molecular formula is C12H11N3O3S. The molecule has 1 heterocycles. The molecule has 1 aromatic heterocycles. The lowest BCUT2D eigenvalue weighted by molar-refractivity contribution is -0.384. The van der Waals surface area contributed by atoms with E-state index in [1.807, 2.05) is 17.5 Å². The molecule has 0 amide bonds. The summed E-state index contributed by atoms with van der Waals surface area (Å²) in [6.45, 7) is 0.212. The molecule has 19 heavy (non-hydrogen) atoms. The van der Waals surface area contributed by atoms with Gasteiger partial charge in [-0.05, 0) is 29.1 Å². The SMILES string of the molecule is NC(=NOCc1ccc([N+](=O)[O-])cc1)c1cccs1. The van der Waals surface area contributed by atoms with Crippen LogP contribution in [0.3, 0.4) is 0 Å². The number of hydrogen-bond donors (Lipinski definition) is 1. The maximum atomic E-state index is 10.5. The van der Waals surface area contributed by atoms with E-state index in [4.69, 9.17) is 10.6 Å². The average Bonchev–Trinajstić information content (AvgIpc) is 2.93. The van der Waals surface area contributed by atoms with E-state index < -0.39 is 4.92 Å². The Morgan fingerprint density at radius 3 is 2.68 bits per heavy atom. The number of nitrogens with two attached hydrogens (primary N) is 1. The molecular weight excluding hydrogens is 266 g/mol. The number of oxime groups is 1. The van der Waals surface area contributed by atoms with Gasteiger partial charge in [-0.2, -0.15) is 0 Å². The zero-order valence-electron chi connectivity index (χ0n) is 9.85. The molecule has 0 bridgehead atoms. The summed E-state index contributed by atoms with van der Waals surface area (Å²) in [5.74, 6) is 0.317. The van der Waals surface area contributed by atoms with Crippen LogP contribution >= 0.6 is 11.3 Å². The molecule has 7 heteroatoms. The Morgan fingerprint density at radius 1 is 1.37 bits per heavy atom. The van der Waals surface area contributed by atoms with Crippen LogP contribution in [0.4, 0.5) is 5.69 Å². The molecule has 98 valence electrons. The summed E-state index contributed by atoms with van der Waals surface area (Å²) >= 11 is 1.47. The van der Waals surface area contributed by atoms with Crippen LogP contribution < -0.4 is 5.73 Å². The molecule has 0 radical (unpaired) electrons. The second-order valence-corrected chi connectivity index (χ2v) is 4.60. The lowest BCUT2D eigenvalue weighted by atomic mass is 10.2. The quantitative estimate of drug-likeness (QED) is 0.393. The van der Waals surface area contributed by atoms with Crippen molar-refractivity contribution < 1.29 is 9.76 Å². The standard InChI is InChI=1S/C12H11N3O3S/c13-12(11-2-1-7-19-11)14-18-8-9-3-5-10(6-4-9)15(16)17/h1-7H,8H2,(H2,13,14). The van der Waals surface area contributed by atoms with Crippen LogP contribution in [0, 0.1) is 10.1 Å². The minimum atomic E-state index is -0.447. The van der Waals surface area contributed by atoms with E-state index in [1.54, 1.807) is 12.1 Å². The Morgan fingerprint density at radius 2 is 2.11 bits per heavy atom. The molecule has 2 N–H and O–H groups in total. The predicted octanol–water partition coefficient (Wildman–Crippen LogP) is 2.49. The molecule has 0 aliphatic rings. The van der Waals surface area contributed by atoms with E-state index in [1.165, 1.54) is 23.5 Å². The van der Waals surface area contributed by atoms with Crippen LogP contribution in [0.15, 0.2) is 46.9 Å². The molecule has 1 aromatic carbocycles. The van der Waals surface area contributed by atoms with Gasteiger partial charge < -0.3 is 10.6 Å². The van der Waals surface area contributed by atoms with Crippen molar-refractivity contribution in [2.45, 2.75) is 6.61 Å². The topological polar surface area (TPSA) is 90.8 Å². The fourth-order valence-electron chi connectivity index (χ4n) is 1.36. The Bertz CT molecular complexity index is 579. The predicted molar refractivity (Wildman–Crippen MR) is 72.9 cm³/mol. The summed E-state index contributed by atoms with van der Waals surface area (Å²) in [4.78, 5) is 16.0. The van der Waals surface area contributed by atoms with Crippen LogP contribution in [0.25, 0.3) is 0 Å². The Kier molecular flexibility index (Phi) is 4.09. The number of amidine groups is 1. The third-order valence-corrected chi connectivity index (χ3v) is 3.21. The van der Waals surface area contributed by atoms with E-state index in [-0.39, 0.29) is 12.3 Å². The molecule has 0 spiro atoms. The highest BCUT2D eigenvalue weighted by Crippen LogP contribution is 2.13. The Balaban J connectivity index is 1.92. The number of hydrogen-bond acceptors (Lipinski definition) is 5. The molecule has 0 atom stereocenters. The normalized spacial score (nSPS) is 11.3. The number of thiophene rings is 1. The second-order valence-electron chi connectivity index (χ2n) is 3.65. The molecule has 0 aliphatic heterocycles. The van der Waals surface area contributed by atoms with Crippen LogP contribution in [-0.2, 0) is 11.4 Å². The highest BCUT2D eigenvalue weighted by molar-refractivity contribution is 7.12. The summed E-state index contributed by atoms with van der Waals surface area (Å²) in [5.41, 5.74) is 6.55. The minimum Gasteiger partial charge on any atom is -0.389 e. The minimum absolute atomic E-state index is 0.0466. The molecule has 2 aromatic rings. The average molecular weight is 277 g/mol. The van der Waals surface area contributed by atoms with Crippen molar-refractivity contribution in [1.82, 2.24) is 0 Å². The third kappa shape index (κ3) is 3.52. The monoisotopic (exact) mass is 277 g/mol. The van der Waals surface area contributed by atoms with Gasteiger partial charge in [0.25, 0.3) is 5.69 Å². The van der Waals surface area contributed by atoms with Crippen molar-refractivity contribution in [2.75, 3.05) is 0 Å². The number of non-ortho nitro benzene ring substituents is 1. The lowest BCUT2D eigenvalue weighted by Crippen LogP contribution is -2.11. The molecule has 0 fully saturated rings. The van der Waals surface area contributed by atoms with Gasteiger partial charge in [0.1, 0.15) is 6.61 Å². The molecule has 6 nitrogen and oxygen atoms in total. The highest BCUT2D eigenvalue weighted by atomic mass is 32.1. The number of nitro benzene ring substituents is 1. The van der Waals surface area contributed by atoms with Gasteiger partial charge in [-0.15, -0.1) is 11.3 Å². The first-order valence-electron chi connectivity index (χ1n) is 5.39. The number of benzene rings is 1. The van der Waals surface area contributed by atoms with E-state index in [0.717, 1.165) is 10.4 Å². The highest BCUT2D eigenvalue weighted by Gasteiger charge is 2.04. The van der Waals surface area contributed by atoms with Crippen molar-refractivity contribution in [3.63, 3.8) is 0 Å². The Labute approximate surface area is 113 Å². The molecule has 0 saturated heterocycles. The van der Waals surface area contributed by atoms with Gasteiger partial charge in [-0.25, -0.2) is 0 Å². The van der Waals surface area contributed by atoms with Crippen LogP contribution in [0.5, 0.6) is 0 Å². The van der Waals surface area contributed by atoms with E-state index in [0.29, 0.717) is 5.84 Å². The van der Waals surface area contributed by atoms with Crippen molar-refractivity contribution in [1.29, 1.82) is 0 Å². The van der Waals surface area contributed by atoms with Gasteiger partial charge in [-0.3, -0.25) is 10.1 Å². The van der Waals surface area contributed by atoms with Gasteiger partial charge in [-0.1, -0.05) is 11.2 Å². The third-order valence-electron chi connectivity index (χ3n) is 2.31. The lowest BCUT2D eigenvalue weighted by Gasteiger charge is -2.01. The van der Waals surface area contributed by atoms with E-state index >= 15 is 0 Å². The Hall–Kier alpha value is -2.41. The molecule has 0 saturated carbocycles. The van der Waals surface area contributed by atoms with E-state index in [9.17, 15) is 10.1 Å². The summed E-state index contributed by atoms with van der Waals surface area (Å²) < 4.78 is 0. The zero-order chi connectivity index (χ0) is 13.7. The molecule has 0 aliphatic carbocycles. The summed E-state index contributed by atoms with van der Waals surface area (Å²) in [5, 5.41) is 16.2. The van der Waals surface area contributed by atoms with Gasteiger partial charge in [0.2, 0.25) is 0 Å². The fourth-order valence-corrected chi connectivity index (χ4v) is 1.98. The van der Waals surface area contributed by atoms with Gasteiger partial charge >= 0.3 is 0 Å². The first-order chi connectivity index (χ1) is 9.16. The first kappa shape index (κ1) is 13.0. The number of nitrogens with zero attached hydrogens (tertiary/aromatic N) is 2. The molecule has 0 unspecified atom stereocenters. The summed E-state index contributed by atoms with van der Waals surface area (Å²) in [6.07, 6.45) is 0. The van der Waals surface area contributed by atoms with Gasteiger partial charge in [0.15, 0.2) is 5.84 Å². The first-order valence-corrected chi connectivity index (χ1v) is 6.27. The zero-order valence-corrected chi connectivity index (χ0v) is 10.7. The van der Waals surface area contributed by atoms with Crippen molar-refractivity contribution in [2.24, 2.45) is 10.9 Å². The maximum Gasteiger partial charge on any atom is 0.269 e. The van der Waals surface area contributed by atoms with Crippen molar-refractivity contribution >= 4 is 22.9 Å². The summed E-state index contributed by atoms with van der Waals surface area (Å²) in [7, 11) is 0. The number of rotatable bonds is 5. The van der Waals surface area contributed by atoms with Crippen LogP contribution in [-0.4, -0.2) is 10.8 Å². The fraction of sp³-hybridized carbons (Fsp3) is 0.0833. The maximum absolute atomic E-state index is 10.5.